The maximum absolute atomic E-state index is 3.36. The van der Waals surface area contributed by atoms with Crippen molar-refractivity contribution in [2.45, 2.75) is 86.5 Å². The molecular weight excluding hydrogens is 276 g/mol. The maximum Gasteiger partial charge on any atom is -0.0228 e. The van der Waals surface area contributed by atoms with E-state index in [0.29, 0.717) is 0 Å². The Labute approximate surface area is 147 Å². The van der Waals surface area contributed by atoms with E-state index in [9.17, 15) is 0 Å². The van der Waals surface area contributed by atoms with Gasteiger partial charge in [0.05, 0.1) is 0 Å². The van der Waals surface area contributed by atoms with E-state index >= 15 is 0 Å². The average molecular weight is 319 g/mol. The zero-order valence-electron chi connectivity index (χ0n) is 16.8. The topological polar surface area (TPSA) is 0 Å². The highest BCUT2D eigenvalue weighted by Gasteiger charge is 2.16. The molecule has 0 aromatic heterocycles. The standard InChI is InChI=1S/C20H36.C3H6/c1-6-16(2)12-13-17(3)18(4)14-15-19(5)20-10-8-7-9-11-20;1-3-2/h7-8,10,16-19H,6,9,11-15H2,1-5H3;3H,1H2,2H3. The smallest absolute Gasteiger partial charge is 0.0228 e. The van der Waals surface area contributed by atoms with Gasteiger partial charge in [-0.3, -0.25) is 0 Å². The first kappa shape index (κ1) is 22.2. The molecular formula is C23H42. The van der Waals surface area contributed by atoms with E-state index in [1.54, 1.807) is 11.6 Å². The number of hydrogen-bond acceptors (Lipinski definition) is 0. The summed E-state index contributed by atoms with van der Waals surface area (Å²) in [6.45, 7) is 17.3. The Hall–Kier alpha value is -0.780. The van der Waals surface area contributed by atoms with Gasteiger partial charge in [0.2, 0.25) is 0 Å². The van der Waals surface area contributed by atoms with Crippen LogP contribution in [0.2, 0.25) is 0 Å². The lowest BCUT2D eigenvalue weighted by molar-refractivity contribution is 0.299. The Morgan fingerprint density at radius 1 is 1.04 bits per heavy atom. The van der Waals surface area contributed by atoms with Gasteiger partial charge in [-0.05, 0) is 56.3 Å². The molecule has 0 heterocycles. The monoisotopic (exact) mass is 318 g/mol. The third kappa shape index (κ3) is 10.6. The van der Waals surface area contributed by atoms with Gasteiger partial charge in [-0.1, -0.05) is 83.8 Å². The third-order valence-corrected chi connectivity index (χ3v) is 5.52. The molecule has 0 amide bonds. The van der Waals surface area contributed by atoms with Gasteiger partial charge in [0, 0.05) is 0 Å². The number of hydrogen-bond donors (Lipinski definition) is 0. The molecule has 23 heavy (non-hydrogen) atoms. The minimum absolute atomic E-state index is 0.782. The largest absolute Gasteiger partial charge is 0.103 e. The molecule has 4 unspecified atom stereocenters. The summed E-state index contributed by atoms with van der Waals surface area (Å²) >= 11 is 0. The van der Waals surface area contributed by atoms with E-state index in [1.807, 2.05) is 6.92 Å². The van der Waals surface area contributed by atoms with Gasteiger partial charge in [0.15, 0.2) is 0 Å². The van der Waals surface area contributed by atoms with Crippen molar-refractivity contribution in [1.82, 2.24) is 0 Å². The van der Waals surface area contributed by atoms with Crippen molar-refractivity contribution in [3.05, 3.63) is 36.5 Å². The predicted molar refractivity (Wildman–Crippen MR) is 108 cm³/mol. The summed E-state index contributed by atoms with van der Waals surface area (Å²) in [5.41, 5.74) is 1.67. The minimum atomic E-state index is 0.782. The molecule has 0 aromatic carbocycles. The fourth-order valence-corrected chi connectivity index (χ4v) is 3.05. The Morgan fingerprint density at radius 3 is 2.09 bits per heavy atom. The normalized spacial score (nSPS) is 19.0. The first-order chi connectivity index (χ1) is 11.0. The van der Waals surface area contributed by atoms with Gasteiger partial charge >= 0.3 is 0 Å². The first-order valence-electron chi connectivity index (χ1n) is 9.88. The molecule has 1 aliphatic carbocycles. The molecule has 0 N–H and O–H groups in total. The fraction of sp³-hybridized carbons (Fsp3) is 0.739. The maximum atomic E-state index is 3.36. The van der Waals surface area contributed by atoms with Gasteiger partial charge in [-0.25, -0.2) is 0 Å². The van der Waals surface area contributed by atoms with Crippen LogP contribution in [0.15, 0.2) is 36.5 Å². The summed E-state index contributed by atoms with van der Waals surface area (Å²) in [6.07, 6.45) is 18.1. The molecule has 1 rings (SSSR count). The Morgan fingerprint density at radius 2 is 1.61 bits per heavy atom. The van der Waals surface area contributed by atoms with Crippen molar-refractivity contribution < 1.29 is 0 Å². The van der Waals surface area contributed by atoms with Crippen LogP contribution in [0.5, 0.6) is 0 Å². The van der Waals surface area contributed by atoms with Crippen molar-refractivity contribution in [2.24, 2.45) is 23.7 Å². The van der Waals surface area contributed by atoms with Crippen molar-refractivity contribution in [3.63, 3.8) is 0 Å². The first-order valence-corrected chi connectivity index (χ1v) is 9.88. The van der Waals surface area contributed by atoms with Crippen LogP contribution in [0.3, 0.4) is 0 Å². The van der Waals surface area contributed by atoms with Crippen LogP contribution in [0, 0.1) is 23.7 Å². The molecule has 1 aliphatic rings. The molecule has 0 fully saturated rings. The van der Waals surface area contributed by atoms with Gasteiger partial charge in [-0.15, -0.1) is 6.58 Å². The fourth-order valence-electron chi connectivity index (χ4n) is 3.05. The summed E-state index contributed by atoms with van der Waals surface area (Å²) in [4.78, 5) is 0. The lowest BCUT2D eigenvalue weighted by atomic mass is 9.82. The zero-order chi connectivity index (χ0) is 17.7. The average Bonchev–Trinajstić information content (AvgIpc) is 2.58. The summed E-state index contributed by atoms with van der Waals surface area (Å²) in [5.74, 6) is 3.45. The second-order valence-electron chi connectivity index (χ2n) is 7.64. The van der Waals surface area contributed by atoms with Gasteiger partial charge in [-0.2, -0.15) is 0 Å². The SMILES string of the molecule is C=CC.CCC(C)CCC(C)C(C)CCC(C)C1=CC=CCC1. The van der Waals surface area contributed by atoms with Crippen molar-refractivity contribution in [2.75, 3.05) is 0 Å². The molecule has 0 aliphatic heterocycles. The van der Waals surface area contributed by atoms with Gasteiger partial charge in [0.1, 0.15) is 0 Å². The second-order valence-corrected chi connectivity index (χ2v) is 7.64. The Balaban J connectivity index is 0.00000149. The van der Waals surface area contributed by atoms with Crippen LogP contribution in [0.25, 0.3) is 0 Å². The van der Waals surface area contributed by atoms with E-state index < -0.39 is 0 Å². The minimum Gasteiger partial charge on any atom is -0.103 e. The van der Waals surface area contributed by atoms with Crippen LogP contribution in [0.1, 0.15) is 86.5 Å². The molecule has 134 valence electrons. The van der Waals surface area contributed by atoms with E-state index in [4.69, 9.17) is 0 Å². The van der Waals surface area contributed by atoms with Crippen molar-refractivity contribution in [3.8, 4) is 0 Å². The highest BCUT2D eigenvalue weighted by molar-refractivity contribution is 5.19. The molecule has 4 atom stereocenters. The number of allylic oxidation sites excluding steroid dienone is 5. The van der Waals surface area contributed by atoms with Crippen LogP contribution in [0.4, 0.5) is 0 Å². The number of rotatable bonds is 9. The summed E-state index contributed by atoms with van der Waals surface area (Å²) in [5, 5.41) is 0. The van der Waals surface area contributed by atoms with Crippen molar-refractivity contribution >= 4 is 0 Å². The summed E-state index contributed by atoms with van der Waals surface area (Å²) in [7, 11) is 0. The van der Waals surface area contributed by atoms with E-state index in [2.05, 4.69) is 59.4 Å². The van der Waals surface area contributed by atoms with Crippen LogP contribution in [-0.2, 0) is 0 Å². The quantitative estimate of drug-likeness (QED) is 0.378. The Bertz CT molecular complexity index is 347. The molecule has 0 radical (unpaired) electrons. The van der Waals surface area contributed by atoms with E-state index in [-0.39, 0.29) is 0 Å². The third-order valence-electron chi connectivity index (χ3n) is 5.52. The highest BCUT2D eigenvalue weighted by Crippen LogP contribution is 2.29. The molecule has 0 saturated heterocycles. The second kappa shape index (κ2) is 13.6. The molecule has 0 aromatic rings. The molecule has 0 bridgehead atoms. The summed E-state index contributed by atoms with van der Waals surface area (Å²) in [6, 6.07) is 0. The van der Waals surface area contributed by atoms with Crippen LogP contribution < -0.4 is 0 Å². The van der Waals surface area contributed by atoms with Crippen molar-refractivity contribution in [1.29, 1.82) is 0 Å². The highest BCUT2D eigenvalue weighted by atomic mass is 14.2. The molecule has 0 spiro atoms. The lowest BCUT2D eigenvalue weighted by Gasteiger charge is -2.24. The molecule has 0 saturated carbocycles. The Kier molecular flexibility index (Phi) is 13.2. The molecule has 0 nitrogen and oxygen atoms in total. The van der Waals surface area contributed by atoms with Crippen LogP contribution in [-0.4, -0.2) is 0 Å². The predicted octanol–water partition coefficient (Wildman–Crippen LogP) is 7.97. The van der Waals surface area contributed by atoms with Gasteiger partial charge in [0.25, 0.3) is 0 Å². The molecule has 0 heteroatoms. The van der Waals surface area contributed by atoms with E-state index in [1.165, 1.54) is 44.9 Å². The zero-order valence-corrected chi connectivity index (χ0v) is 16.8. The van der Waals surface area contributed by atoms with E-state index in [0.717, 1.165) is 23.7 Å². The van der Waals surface area contributed by atoms with Gasteiger partial charge < -0.3 is 0 Å². The lowest BCUT2D eigenvalue weighted by Crippen LogP contribution is -2.12. The van der Waals surface area contributed by atoms with Crippen LogP contribution >= 0.6 is 0 Å². The summed E-state index contributed by atoms with van der Waals surface area (Å²) < 4.78 is 0.